The molecule has 0 amide bonds. The molecule has 0 spiro atoms. The molecular weight excluding hydrogens is 240 g/mol. The number of carbonyl (C=O) groups excluding carboxylic acids is 2. The molecule has 0 radical (unpaired) electrons. The van der Waals surface area contributed by atoms with Gasteiger partial charge in [0.2, 0.25) is 18.4 Å². The Kier molecular flexibility index (Phi) is 2.23. The van der Waals surface area contributed by atoms with Gasteiger partial charge in [0, 0.05) is 17.9 Å². The van der Waals surface area contributed by atoms with E-state index in [2.05, 4.69) is 0 Å². The first-order valence-corrected chi connectivity index (χ1v) is 6.05. The highest BCUT2D eigenvalue weighted by atomic mass is 16.7. The van der Waals surface area contributed by atoms with E-state index >= 15 is 0 Å². The molecule has 1 unspecified atom stereocenters. The monoisotopic (exact) mass is 252 g/mol. The zero-order chi connectivity index (χ0) is 12.3. The van der Waals surface area contributed by atoms with E-state index < -0.39 is 12.6 Å². The second-order valence-electron chi connectivity index (χ2n) is 4.94. The third-order valence-electron chi connectivity index (χ3n) is 3.82. The van der Waals surface area contributed by atoms with Crippen molar-refractivity contribution < 1.29 is 28.5 Å². The van der Waals surface area contributed by atoms with Gasteiger partial charge >= 0.3 is 0 Å². The summed E-state index contributed by atoms with van der Waals surface area (Å²) in [6.45, 7) is 0.758. The van der Waals surface area contributed by atoms with Gasteiger partial charge in [-0.1, -0.05) is 0 Å². The van der Waals surface area contributed by atoms with Gasteiger partial charge in [-0.05, 0) is 6.08 Å². The highest BCUT2D eigenvalue weighted by Gasteiger charge is 2.49. The minimum Gasteiger partial charge on any atom is -0.343 e. The van der Waals surface area contributed by atoms with Crippen LogP contribution in [-0.4, -0.2) is 49.6 Å². The Morgan fingerprint density at radius 2 is 1.89 bits per heavy atom. The number of rotatable bonds is 1. The maximum absolute atomic E-state index is 12.1. The normalized spacial score (nSPS) is 46.4. The summed E-state index contributed by atoms with van der Waals surface area (Å²) in [5, 5.41) is 0. The highest BCUT2D eigenvalue weighted by Crippen LogP contribution is 2.37. The number of hydrogen-bond acceptors (Lipinski definition) is 6. The second kappa shape index (κ2) is 3.71. The lowest BCUT2D eigenvalue weighted by Gasteiger charge is -2.30. The molecule has 0 aromatic rings. The predicted molar refractivity (Wildman–Crippen MR) is 55.4 cm³/mol. The molecule has 3 fully saturated rings. The average Bonchev–Trinajstić information content (AvgIpc) is 2.96. The largest absolute Gasteiger partial charge is 0.343 e. The van der Waals surface area contributed by atoms with Crippen molar-refractivity contribution >= 4 is 11.6 Å². The number of carbonyl (C=O) groups is 2. The Labute approximate surface area is 103 Å². The Morgan fingerprint density at radius 3 is 2.78 bits per heavy atom. The molecule has 0 aromatic heterocycles. The summed E-state index contributed by atoms with van der Waals surface area (Å²) >= 11 is 0. The van der Waals surface area contributed by atoms with Crippen molar-refractivity contribution in [2.24, 2.45) is 5.92 Å². The summed E-state index contributed by atoms with van der Waals surface area (Å²) in [6.07, 6.45) is 0.149. The fourth-order valence-corrected chi connectivity index (χ4v) is 2.92. The first-order valence-electron chi connectivity index (χ1n) is 6.05. The summed E-state index contributed by atoms with van der Waals surface area (Å²) in [7, 11) is 0. The molecule has 0 saturated carbocycles. The van der Waals surface area contributed by atoms with Crippen LogP contribution in [0.3, 0.4) is 0 Å². The number of Topliss-reactive ketones (excluding diaryl/α,β-unsaturated/α-hetero) is 2. The molecule has 18 heavy (non-hydrogen) atoms. The molecule has 96 valence electrons. The van der Waals surface area contributed by atoms with E-state index in [9.17, 15) is 9.59 Å². The third-order valence-corrected chi connectivity index (χ3v) is 3.82. The quantitative estimate of drug-likeness (QED) is 0.630. The van der Waals surface area contributed by atoms with Gasteiger partial charge < -0.3 is 18.9 Å². The number of ketones is 2. The van der Waals surface area contributed by atoms with Gasteiger partial charge in [0.15, 0.2) is 5.78 Å². The van der Waals surface area contributed by atoms with Crippen molar-refractivity contribution in [1.29, 1.82) is 0 Å². The molecule has 4 heterocycles. The maximum Gasteiger partial charge on any atom is 0.223 e. The van der Waals surface area contributed by atoms with Crippen LogP contribution in [0.2, 0.25) is 0 Å². The molecule has 4 bridgehead atoms. The van der Waals surface area contributed by atoms with Gasteiger partial charge in [-0.15, -0.1) is 0 Å². The zero-order valence-electron chi connectivity index (χ0n) is 9.53. The molecule has 5 atom stereocenters. The lowest BCUT2D eigenvalue weighted by molar-refractivity contribution is -0.157. The Hall–Kier alpha value is -1.08. The minimum absolute atomic E-state index is 0.0952. The van der Waals surface area contributed by atoms with Crippen molar-refractivity contribution in [3.8, 4) is 0 Å². The molecule has 6 heteroatoms. The van der Waals surface area contributed by atoms with Gasteiger partial charge in [0.25, 0.3) is 0 Å². The van der Waals surface area contributed by atoms with Crippen molar-refractivity contribution in [3.63, 3.8) is 0 Å². The molecule has 6 nitrogen and oxygen atoms in total. The molecule has 0 N–H and O–H groups in total. The molecule has 4 aliphatic rings. The SMILES string of the molecule is O=C1CC(C2=C[C@H]3CO[C@H](O3)C2=O)[C@@H]2CO[C@H]1O2. The topological polar surface area (TPSA) is 71.1 Å². The number of fused-ring (bicyclic) bond motifs is 4. The second-order valence-corrected chi connectivity index (χ2v) is 4.94. The van der Waals surface area contributed by atoms with Gasteiger partial charge in [0.05, 0.1) is 19.3 Å². The van der Waals surface area contributed by atoms with Crippen LogP contribution in [0.4, 0.5) is 0 Å². The summed E-state index contributed by atoms with van der Waals surface area (Å²) in [4.78, 5) is 23.9. The van der Waals surface area contributed by atoms with Crippen LogP contribution in [0.25, 0.3) is 0 Å². The molecule has 0 aromatic carbocycles. The Balaban J connectivity index is 1.66. The van der Waals surface area contributed by atoms with E-state index in [4.69, 9.17) is 18.9 Å². The Bertz CT molecular complexity index is 455. The summed E-state index contributed by atoms with van der Waals surface area (Å²) in [5.41, 5.74) is 0.607. The fourth-order valence-electron chi connectivity index (χ4n) is 2.92. The third kappa shape index (κ3) is 1.43. The fraction of sp³-hybridized carbons (Fsp3) is 0.667. The van der Waals surface area contributed by atoms with Crippen LogP contribution >= 0.6 is 0 Å². The number of ether oxygens (including phenoxy) is 4. The van der Waals surface area contributed by atoms with E-state index in [1.165, 1.54) is 0 Å². The first kappa shape index (κ1) is 10.8. The molecule has 4 aliphatic heterocycles. The van der Waals surface area contributed by atoms with Crippen molar-refractivity contribution in [2.75, 3.05) is 13.2 Å². The summed E-state index contributed by atoms with van der Waals surface area (Å²) < 4.78 is 21.3. The Morgan fingerprint density at radius 1 is 1.06 bits per heavy atom. The lowest BCUT2D eigenvalue weighted by atomic mass is 9.83. The van der Waals surface area contributed by atoms with Crippen LogP contribution in [0, 0.1) is 5.92 Å². The average molecular weight is 252 g/mol. The standard InChI is InChI=1S/C12H12O6/c13-8-2-6(9-4-16-11(8)18-9)7-1-5-3-15-12(17-5)10(7)14/h1,5-6,9,11-12H,2-4H2/t5-,6?,9-,11-,12+/m0/s1. The van der Waals surface area contributed by atoms with E-state index in [0.29, 0.717) is 25.2 Å². The van der Waals surface area contributed by atoms with Crippen LogP contribution in [0.1, 0.15) is 6.42 Å². The van der Waals surface area contributed by atoms with E-state index in [-0.39, 0.29) is 29.7 Å². The predicted octanol–water partition coefficient (Wildman–Crippen LogP) is -0.433. The van der Waals surface area contributed by atoms with Gasteiger partial charge in [-0.3, -0.25) is 9.59 Å². The highest BCUT2D eigenvalue weighted by molar-refractivity contribution is 6.00. The van der Waals surface area contributed by atoms with Gasteiger partial charge in [-0.2, -0.15) is 0 Å². The minimum atomic E-state index is -0.801. The summed E-state index contributed by atoms with van der Waals surface area (Å²) in [6, 6.07) is 0. The van der Waals surface area contributed by atoms with E-state index in [0.717, 1.165) is 0 Å². The molecular formula is C12H12O6. The van der Waals surface area contributed by atoms with Crippen molar-refractivity contribution in [3.05, 3.63) is 11.6 Å². The van der Waals surface area contributed by atoms with Crippen molar-refractivity contribution in [2.45, 2.75) is 31.2 Å². The van der Waals surface area contributed by atoms with Crippen LogP contribution in [0.15, 0.2) is 11.6 Å². The van der Waals surface area contributed by atoms with Crippen molar-refractivity contribution in [1.82, 2.24) is 0 Å². The lowest BCUT2D eigenvalue weighted by Crippen LogP contribution is -2.41. The zero-order valence-corrected chi connectivity index (χ0v) is 9.53. The van der Waals surface area contributed by atoms with Crippen LogP contribution in [0.5, 0.6) is 0 Å². The maximum atomic E-state index is 12.1. The van der Waals surface area contributed by atoms with E-state index in [1.807, 2.05) is 0 Å². The smallest absolute Gasteiger partial charge is 0.223 e. The molecule has 3 saturated heterocycles. The summed E-state index contributed by atoms with van der Waals surface area (Å²) in [5.74, 6) is -0.503. The number of hydrogen-bond donors (Lipinski definition) is 0. The molecule has 0 aliphatic carbocycles. The molecule has 4 rings (SSSR count). The first-order chi connectivity index (χ1) is 8.72. The van der Waals surface area contributed by atoms with E-state index in [1.54, 1.807) is 6.08 Å². The van der Waals surface area contributed by atoms with Gasteiger partial charge in [-0.25, -0.2) is 0 Å². The van der Waals surface area contributed by atoms with Gasteiger partial charge in [0.1, 0.15) is 6.10 Å². The van der Waals surface area contributed by atoms with Crippen LogP contribution in [-0.2, 0) is 28.5 Å². The van der Waals surface area contributed by atoms with Crippen LogP contribution < -0.4 is 0 Å².